The molecule has 112 valence electrons. The Morgan fingerprint density at radius 2 is 2.14 bits per heavy atom. The van der Waals surface area contributed by atoms with Crippen molar-refractivity contribution in [1.82, 2.24) is 5.32 Å². The molecule has 2 nitrogen and oxygen atoms in total. The van der Waals surface area contributed by atoms with Crippen molar-refractivity contribution in [2.75, 3.05) is 6.54 Å². The number of hydrogen-bond acceptors (Lipinski definition) is 1. The largest absolute Gasteiger partial charge is 0.356 e. The Bertz CT molecular complexity index is 552. The third-order valence-corrected chi connectivity index (χ3v) is 4.91. The number of benzene rings is 1. The van der Waals surface area contributed by atoms with Crippen molar-refractivity contribution in [1.29, 1.82) is 0 Å². The number of nitrogens with one attached hydrogen (secondary N) is 1. The van der Waals surface area contributed by atoms with Crippen LogP contribution in [-0.4, -0.2) is 12.5 Å². The molecule has 1 N–H and O–H groups in total. The van der Waals surface area contributed by atoms with Crippen LogP contribution in [0.4, 0.5) is 0 Å². The lowest BCUT2D eigenvalue weighted by molar-refractivity contribution is -0.122. The molecule has 2 atom stereocenters. The summed E-state index contributed by atoms with van der Waals surface area (Å²) < 4.78 is 0. The molecule has 1 fully saturated rings. The van der Waals surface area contributed by atoms with Gasteiger partial charge in [-0.1, -0.05) is 41.4 Å². The average molecular weight is 304 g/mol. The van der Waals surface area contributed by atoms with Crippen molar-refractivity contribution < 1.29 is 4.79 Å². The number of carbonyl (C=O) groups excluding carboxylic acids is 1. The summed E-state index contributed by atoms with van der Waals surface area (Å²) in [7, 11) is 0. The van der Waals surface area contributed by atoms with Gasteiger partial charge >= 0.3 is 0 Å². The van der Waals surface area contributed by atoms with E-state index in [0.717, 1.165) is 30.0 Å². The fourth-order valence-electron chi connectivity index (χ4n) is 3.21. The standard InChI is InChI=1S/C18H22ClNO/c19-17-9-5-4-8-14(17)15-12-16(15)18(21)20-11-10-13-6-2-1-3-7-13/h4-6,8-9,15-16H,1-3,7,10-12H2,(H,20,21). The minimum atomic E-state index is 0.116. The van der Waals surface area contributed by atoms with Gasteiger partial charge in [-0.05, 0) is 56.1 Å². The van der Waals surface area contributed by atoms with Gasteiger partial charge in [-0.25, -0.2) is 0 Å². The van der Waals surface area contributed by atoms with Crippen LogP contribution in [0.3, 0.4) is 0 Å². The third kappa shape index (κ3) is 3.68. The molecule has 0 spiro atoms. The van der Waals surface area contributed by atoms with E-state index in [1.807, 2.05) is 24.3 Å². The van der Waals surface area contributed by atoms with E-state index in [1.54, 1.807) is 0 Å². The summed E-state index contributed by atoms with van der Waals surface area (Å²) in [5.41, 5.74) is 2.63. The summed E-state index contributed by atoms with van der Waals surface area (Å²) in [5, 5.41) is 3.87. The van der Waals surface area contributed by atoms with Crippen LogP contribution in [0.25, 0.3) is 0 Å². The first kappa shape index (κ1) is 14.6. The molecule has 0 aromatic heterocycles. The molecule has 3 rings (SSSR count). The second-order valence-corrected chi connectivity index (χ2v) is 6.53. The lowest BCUT2D eigenvalue weighted by atomic mass is 9.97. The Balaban J connectivity index is 1.45. The first-order valence-electron chi connectivity index (χ1n) is 7.96. The molecular weight excluding hydrogens is 282 g/mol. The van der Waals surface area contributed by atoms with Crippen LogP contribution in [0.15, 0.2) is 35.9 Å². The van der Waals surface area contributed by atoms with Gasteiger partial charge < -0.3 is 5.32 Å². The van der Waals surface area contributed by atoms with Crippen molar-refractivity contribution >= 4 is 17.5 Å². The predicted octanol–water partition coefficient (Wildman–Crippen LogP) is 4.45. The van der Waals surface area contributed by atoms with Crippen molar-refractivity contribution in [2.24, 2.45) is 5.92 Å². The van der Waals surface area contributed by atoms with Crippen LogP contribution in [0, 0.1) is 5.92 Å². The second kappa shape index (κ2) is 6.65. The Morgan fingerprint density at radius 3 is 2.90 bits per heavy atom. The Kier molecular flexibility index (Phi) is 4.64. The van der Waals surface area contributed by atoms with Crippen molar-refractivity contribution in [3.63, 3.8) is 0 Å². The number of halogens is 1. The molecule has 2 unspecified atom stereocenters. The van der Waals surface area contributed by atoms with Gasteiger partial charge in [0.15, 0.2) is 0 Å². The zero-order chi connectivity index (χ0) is 14.7. The van der Waals surface area contributed by atoms with Crippen LogP contribution in [0.1, 0.15) is 50.0 Å². The lowest BCUT2D eigenvalue weighted by Crippen LogP contribution is -2.26. The van der Waals surface area contributed by atoms with Crippen LogP contribution in [0.5, 0.6) is 0 Å². The number of rotatable bonds is 5. The van der Waals surface area contributed by atoms with Crippen LogP contribution < -0.4 is 5.32 Å². The third-order valence-electron chi connectivity index (χ3n) is 4.56. The second-order valence-electron chi connectivity index (χ2n) is 6.12. The lowest BCUT2D eigenvalue weighted by Gasteiger charge is -2.13. The molecule has 0 radical (unpaired) electrons. The van der Waals surface area contributed by atoms with Gasteiger partial charge in [0.2, 0.25) is 5.91 Å². The Labute approximate surface area is 131 Å². The molecule has 1 aromatic rings. The highest BCUT2D eigenvalue weighted by molar-refractivity contribution is 6.31. The van der Waals surface area contributed by atoms with Gasteiger partial charge in [-0.2, -0.15) is 0 Å². The molecule has 21 heavy (non-hydrogen) atoms. The Morgan fingerprint density at radius 1 is 1.29 bits per heavy atom. The normalized spacial score (nSPS) is 24.3. The quantitative estimate of drug-likeness (QED) is 0.800. The van der Waals surface area contributed by atoms with Crippen molar-refractivity contribution in [3.8, 4) is 0 Å². The van der Waals surface area contributed by atoms with Gasteiger partial charge in [-0.15, -0.1) is 0 Å². The fourth-order valence-corrected chi connectivity index (χ4v) is 3.49. The van der Waals surface area contributed by atoms with E-state index in [-0.39, 0.29) is 11.8 Å². The monoisotopic (exact) mass is 303 g/mol. The van der Waals surface area contributed by atoms with E-state index in [0.29, 0.717) is 5.92 Å². The fraction of sp³-hybridized carbons (Fsp3) is 0.500. The summed E-state index contributed by atoms with van der Waals surface area (Å²) in [6.07, 6.45) is 9.32. The van der Waals surface area contributed by atoms with Gasteiger partial charge in [0, 0.05) is 17.5 Å². The first-order valence-corrected chi connectivity index (χ1v) is 8.33. The smallest absolute Gasteiger partial charge is 0.223 e. The molecule has 1 aromatic carbocycles. The van der Waals surface area contributed by atoms with E-state index in [4.69, 9.17) is 11.6 Å². The zero-order valence-electron chi connectivity index (χ0n) is 12.3. The van der Waals surface area contributed by atoms with E-state index in [2.05, 4.69) is 11.4 Å². The average Bonchev–Trinajstić information content (AvgIpc) is 3.29. The van der Waals surface area contributed by atoms with Gasteiger partial charge in [0.25, 0.3) is 0 Å². The summed E-state index contributed by atoms with van der Waals surface area (Å²) in [6.45, 7) is 0.774. The molecular formula is C18H22ClNO. The molecule has 1 amide bonds. The summed E-state index contributed by atoms with van der Waals surface area (Å²) in [5.74, 6) is 0.620. The highest BCUT2D eigenvalue weighted by atomic mass is 35.5. The minimum Gasteiger partial charge on any atom is -0.356 e. The van der Waals surface area contributed by atoms with Crippen molar-refractivity contribution in [3.05, 3.63) is 46.5 Å². The van der Waals surface area contributed by atoms with E-state index < -0.39 is 0 Å². The van der Waals surface area contributed by atoms with Crippen LogP contribution in [-0.2, 0) is 4.79 Å². The summed E-state index contributed by atoms with van der Waals surface area (Å²) in [4.78, 5) is 12.2. The molecule has 0 bridgehead atoms. The molecule has 3 heteroatoms. The highest BCUT2D eigenvalue weighted by Gasteiger charge is 2.44. The van der Waals surface area contributed by atoms with Gasteiger partial charge in [0.05, 0.1) is 0 Å². The molecule has 0 heterocycles. The minimum absolute atomic E-state index is 0.116. The number of amides is 1. The van der Waals surface area contributed by atoms with Crippen LogP contribution in [0.2, 0.25) is 5.02 Å². The summed E-state index contributed by atoms with van der Waals surface area (Å²) in [6, 6.07) is 7.86. The Hall–Kier alpha value is -1.28. The van der Waals surface area contributed by atoms with E-state index >= 15 is 0 Å². The molecule has 1 saturated carbocycles. The summed E-state index contributed by atoms with van der Waals surface area (Å²) >= 11 is 6.20. The maximum Gasteiger partial charge on any atom is 0.223 e. The zero-order valence-corrected chi connectivity index (χ0v) is 13.0. The first-order chi connectivity index (χ1) is 10.3. The molecule has 2 aliphatic carbocycles. The predicted molar refractivity (Wildman–Crippen MR) is 86.5 cm³/mol. The molecule has 0 saturated heterocycles. The van der Waals surface area contributed by atoms with Crippen molar-refractivity contribution in [2.45, 2.75) is 44.4 Å². The highest BCUT2D eigenvalue weighted by Crippen LogP contribution is 2.49. The SMILES string of the molecule is O=C(NCCC1=CCCCC1)C1CC1c1ccccc1Cl. The van der Waals surface area contributed by atoms with Crippen LogP contribution >= 0.6 is 11.6 Å². The maximum atomic E-state index is 12.2. The topological polar surface area (TPSA) is 29.1 Å². The van der Waals surface area contributed by atoms with Gasteiger partial charge in [0.1, 0.15) is 0 Å². The maximum absolute atomic E-state index is 12.2. The number of hydrogen-bond donors (Lipinski definition) is 1. The number of allylic oxidation sites excluding steroid dienone is 1. The van der Waals surface area contributed by atoms with E-state index in [9.17, 15) is 4.79 Å². The van der Waals surface area contributed by atoms with E-state index in [1.165, 1.54) is 31.3 Å². The van der Waals surface area contributed by atoms with Gasteiger partial charge in [-0.3, -0.25) is 4.79 Å². The molecule has 0 aliphatic heterocycles. The molecule has 2 aliphatic rings. The number of carbonyl (C=O) groups is 1.